The van der Waals surface area contributed by atoms with Gasteiger partial charge in [-0.2, -0.15) is 0 Å². The number of unbranched alkanes of at least 4 members (excludes halogenated alkanes) is 4. The van der Waals surface area contributed by atoms with E-state index in [0.29, 0.717) is 6.61 Å². The molecule has 0 radical (unpaired) electrons. The second kappa shape index (κ2) is 8.52. The van der Waals surface area contributed by atoms with Crippen LogP contribution < -0.4 is 5.73 Å². The summed E-state index contributed by atoms with van der Waals surface area (Å²) in [5, 5.41) is 0. The summed E-state index contributed by atoms with van der Waals surface area (Å²) >= 11 is 0. The molecule has 2 rings (SSSR count). The number of rotatable bonds is 7. The third kappa shape index (κ3) is 4.29. The number of ether oxygens (including phenoxy) is 1. The van der Waals surface area contributed by atoms with E-state index in [4.69, 9.17) is 10.5 Å². The average Bonchev–Trinajstić information content (AvgIpc) is 2.55. The molecule has 0 saturated carbocycles. The smallest absolute Gasteiger partial charge is 0.315 e. The van der Waals surface area contributed by atoms with Gasteiger partial charge in [0.1, 0.15) is 0 Å². The Morgan fingerprint density at radius 2 is 1.88 bits per heavy atom. The number of morpholine rings is 1. The standard InChI is InChI=1S/C20H32N2O2/c1-4-5-6-7-11-14-18-20(2,3)22(19(21)23)17(15-24-18)16-12-9-8-10-13-16/h8-10,12-13,17-18H,4-7,11,14-15H2,1-3H3,(H2,21,23). The van der Waals surface area contributed by atoms with Crippen LogP contribution in [0.3, 0.4) is 0 Å². The second-order valence-electron chi connectivity index (χ2n) is 7.31. The molecule has 1 aliphatic rings. The first-order chi connectivity index (χ1) is 11.5. The Bertz CT molecular complexity index is 516. The van der Waals surface area contributed by atoms with Crippen LogP contribution in [-0.2, 0) is 4.74 Å². The molecule has 1 heterocycles. The number of hydrogen-bond acceptors (Lipinski definition) is 2. The molecule has 2 unspecified atom stereocenters. The van der Waals surface area contributed by atoms with E-state index in [1.54, 1.807) is 0 Å². The topological polar surface area (TPSA) is 55.6 Å². The number of benzene rings is 1. The number of carbonyl (C=O) groups excluding carboxylic acids is 1. The van der Waals surface area contributed by atoms with Crippen LogP contribution >= 0.6 is 0 Å². The molecule has 0 bridgehead atoms. The van der Waals surface area contributed by atoms with Crippen LogP contribution in [0.2, 0.25) is 0 Å². The van der Waals surface area contributed by atoms with Crippen molar-refractivity contribution in [2.45, 2.75) is 77.0 Å². The summed E-state index contributed by atoms with van der Waals surface area (Å²) in [6, 6.07) is 9.54. The van der Waals surface area contributed by atoms with Crippen molar-refractivity contribution in [3.8, 4) is 0 Å². The number of nitrogens with two attached hydrogens (primary N) is 1. The van der Waals surface area contributed by atoms with Gasteiger partial charge in [-0.25, -0.2) is 4.79 Å². The summed E-state index contributed by atoms with van der Waals surface area (Å²) < 4.78 is 6.20. The second-order valence-corrected chi connectivity index (χ2v) is 7.31. The van der Waals surface area contributed by atoms with Crippen LogP contribution in [0.4, 0.5) is 4.79 Å². The first-order valence-corrected chi connectivity index (χ1v) is 9.23. The van der Waals surface area contributed by atoms with Crippen molar-refractivity contribution >= 4 is 6.03 Å². The van der Waals surface area contributed by atoms with Crippen LogP contribution in [-0.4, -0.2) is 29.2 Å². The van der Waals surface area contributed by atoms with Gasteiger partial charge in [0.2, 0.25) is 0 Å². The molecular formula is C20H32N2O2. The number of primary amides is 1. The molecule has 1 saturated heterocycles. The minimum atomic E-state index is -0.407. The molecule has 2 atom stereocenters. The Morgan fingerprint density at radius 1 is 1.21 bits per heavy atom. The number of amides is 2. The molecule has 134 valence electrons. The van der Waals surface area contributed by atoms with Crippen molar-refractivity contribution in [1.29, 1.82) is 0 Å². The third-order valence-corrected chi connectivity index (χ3v) is 5.17. The van der Waals surface area contributed by atoms with Crippen LogP contribution in [0.15, 0.2) is 30.3 Å². The van der Waals surface area contributed by atoms with Gasteiger partial charge < -0.3 is 15.4 Å². The SMILES string of the molecule is CCCCCCCC1OCC(c2ccccc2)N(C(N)=O)C1(C)C. The van der Waals surface area contributed by atoms with E-state index in [1.807, 2.05) is 35.2 Å². The largest absolute Gasteiger partial charge is 0.373 e. The molecule has 2 N–H and O–H groups in total. The molecule has 1 aromatic rings. The zero-order valence-corrected chi connectivity index (χ0v) is 15.3. The normalized spacial score (nSPS) is 23.2. The van der Waals surface area contributed by atoms with Crippen molar-refractivity contribution in [3.05, 3.63) is 35.9 Å². The Morgan fingerprint density at radius 3 is 2.50 bits per heavy atom. The minimum absolute atomic E-state index is 0.0339. The fourth-order valence-electron chi connectivity index (χ4n) is 3.77. The van der Waals surface area contributed by atoms with E-state index in [0.717, 1.165) is 18.4 Å². The number of urea groups is 1. The predicted molar refractivity (Wildman–Crippen MR) is 97.8 cm³/mol. The highest BCUT2D eigenvalue weighted by atomic mass is 16.5. The van der Waals surface area contributed by atoms with Gasteiger partial charge in [-0.05, 0) is 25.8 Å². The highest BCUT2D eigenvalue weighted by Crippen LogP contribution is 2.38. The molecule has 4 heteroatoms. The molecule has 2 amide bonds. The lowest BCUT2D eigenvalue weighted by atomic mass is 9.86. The summed E-state index contributed by atoms with van der Waals surface area (Å²) in [4.78, 5) is 14.0. The van der Waals surface area contributed by atoms with E-state index < -0.39 is 5.54 Å². The van der Waals surface area contributed by atoms with Gasteiger partial charge in [0.15, 0.2) is 0 Å². The molecule has 24 heavy (non-hydrogen) atoms. The first kappa shape index (κ1) is 18.8. The first-order valence-electron chi connectivity index (χ1n) is 9.23. The molecule has 1 fully saturated rings. The highest BCUT2D eigenvalue weighted by Gasteiger charge is 2.46. The fourth-order valence-corrected chi connectivity index (χ4v) is 3.77. The van der Waals surface area contributed by atoms with Gasteiger partial charge in [-0.3, -0.25) is 0 Å². The molecule has 0 aliphatic carbocycles. The monoisotopic (exact) mass is 332 g/mol. The molecule has 1 aromatic carbocycles. The van der Waals surface area contributed by atoms with Gasteiger partial charge in [0, 0.05) is 0 Å². The Hall–Kier alpha value is -1.55. The van der Waals surface area contributed by atoms with Crippen molar-refractivity contribution in [2.24, 2.45) is 5.73 Å². The molecular weight excluding hydrogens is 300 g/mol. The van der Waals surface area contributed by atoms with Gasteiger partial charge in [0.05, 0.1) is 24.3 Å². The summed E-state index contributed by atoms with van der Waals surface area (Å²) in [7, 11) is 0. The van der Waals surface area contributed by atoms with Crippen LogP contribution in [0.25, 0.3) is 0 Å². The van der Waals surface area contributed by atoms with Crippen LogP contribution in [0, 0.1) is 0 Å². The molecule has 1 aliphatic heterocycles. The highest BCUT2D eigenvalue weighted by molar-refractivity contribution is 5.74. The minimum Gasteiger partial charge on any atom is -0.373 e. The maximum atomic E-state index is 12.2. The van der Waals surface area contributed by atoms with E-state index in [-0.39, 0.29) is 18.2 Å². The maximum absolute atomic E-state index is 12.2. The van der Waals surface area contributed by atoms with Crippen molar-refractivity contribution < 1.29 is 9.53 Å². The summed E-state index contributed by atoms with van der Waals surface area (Å²) in [6.45, 7) is 6.88. The predicted octanol–water partition coefficient (Wildman–Crippen LogP) is 4.65. The van der Waals surface area contributed by atoms with E-state index >= 15 is 0 Å². The van der Waals surface area contributed by atoms with Crippen molar-refractivity contribution in [3.63, 3.8) is 0 Å². The van der Waals surface area contributed by atoms with Gasteiger partial charge in [-0.15, -0.1) is 0 Å². The van der Waals surface area contributed by atoms with Crippen molar-refractivity contribution in [1.82, 2.24) is 4.90 Å². The fraction of sp³-hybridized carbons (Fsp3) is 0.650. The zero-order valence-electron chi connectivity index (χ0n) is 15.3. The lowest BCUT2D eigenvalue weighted by Gasteiger charge is -2.51. The van der Waals surface area contributed by atoms with Crippen LogP contribution in [0.1, 0.15) is 70.9 Å². The lowest BCUT2D eigenvalue weighted by Crippen LogP contribution is -2.62. The lowest BCUT2D eigenvalue weighted by molar-refractivity contribution is -0.125. The summed E-state index contributed by atoms with van der Waals surface area (Å²) in [5.74, 6) is 0. The number of nitrogens with zero attached hydrogens (tertiary/aromatic N) is 1. The number of hydrogen-bond donors (Lipinski definition) is 1. The molecule has 0 spiro atoms. The van der Waals surface area contributed by atoms with E-state index in [1.165, 1.54) is 25.7 Å². The third-order valence-electron chi connectivity index (χ3n) is 5.17. The van der Waals surface area contributed by atoms with Gasteiger partial charge in [-0.1, -0.05) is 69.4 Å². The Kier molecular flexibility index (Phi) is 6.67. The Labute approximate surface area is 146 Å². The molecule has 0 aromatic heterocycles. The van der Waals surface area contributed by atoms with E-state index in [2.05, 4.69) is 20.8 Å². The maximum Gasteiger partial charge on any atom is 0.315 e. The van der Waals surface area contributed by atoms with E-state index in [9.17, 15) is 4.79 Å². The summed E-state index contributed by atoms with van der Waals surface area (Å²) in [6.07, 6.45) is 7.18. The Balaban J connectivity index is 2.07. The molecule has 4 nitrogen and oxygen atoms in total. The van der Waals surface area contributed by atoms with Crippen molar-refractivity contribution in [2.75, 3.05) is 6.61 Å². The quantitative estimate of drug-likeness (QED) is 0.739. The number of carbonyl (C=O) groups is 1. The van der Waals surface area contributed by atoms with Crippen LogP contribution in [0.5, 0.6) is 0 Å². The zero-order chi connectivity index (χ0) is 17.6. The van der Waals surface area contributed by atoms with Gasteiger partial charge >= 0.3 is 6.03 Å². The van der Waals surface area contributed by atoms with Gasteiger partial charge in [0.25, 0.3) is 0 Å². The average molecular weight is 332 g/mol. The summed E-state index contributed by atoms with van der Waals surface area (Å²) in [5.41, 5.74) is 6.43.